The van der Waals surface area contributed by atoms with Gasteiger partial charge in [0.1, 0.15) is 0 Å². The van der Waals surface area contributed by atoms with Gasteiger partial charge in [0.25, 0.3) is 0 Å². The number of hydrogen-bond donors (Lipinski definition) is 1. The number of hydrogen-bond acceptors (Lipinski definition) is 3. The first kappa shape index (κ1) is 16.6. The van der Waals surface area contributed by atoms with Crippen molar-refractivity contribution in [3.8, 4) is 0 Å². The summed E-state index contributed by atoms with van der Waals surface area (Å²) < 4.78 is 26.9. The lowest BCUT2D eigenvalue weighted by molar-refractivity contribution is 0.262. The van der Waals surface area contributed by atoms with Crippen LogP contribution in [0.5, 0.6) is 0 Å². The third kappa shape index (κ3) is 3.52. The van der Waals surface area contributed by atoms with Crippen LogP contribution in [0.1, 0.15) is 38.2 Å². The standard InChI is InChI=1S/C15H23ClN2O2S/c1-3-4-12-5-7-18(8-6-12)21(19,20)13-9-14(16)11(2)15(17)10-13/h9-10,12H,3-8,17H2,1-2H3. The summed E-state index contributed by atoms with van der Waals surface area (Å²) in [6.07, 6.45) is 4.20. The highest BCUT2D eigenvalue weighted by atomic mass is 35.5. The molecule has 1 saturated heterocycles. The van der Waals surface area contributed by atoms with Gasteiger partial charge in [-0.15, -0.1) is 0 Å². The molecule has 118 valence electrons. The molecule has 1 aliphatic heterocycles. The van der Waals surface area contributed by atoms with Gasteiger partial charge in [0.05, 0.1) is 4.90 Å². The Hall–Kier alpha value is -0.780. The number of benzene rings is 1. The molecule has 0 spiro atoms. The Kier molecular flexibility index (Phi) is 5.17. The van der Waals surface area contributed by atoms with Crippen LogP contribution in [-0.2, 0) is 10.0 Å². The maximum Gasteiger partial charge on any atom is 0.243 e. The molecule has 1 heterocycles. The summed E-state index contributed by atoms with van der Waals surface area (Å²) in [6.45, 7) is 5.11. The Balaban J connectivity index is 2.20. The molecule has 1 aliphatic rings. The van der Waals surface area contributed by atoms with Gasteiger partial charge in [-0.1, -0.05) is 31.4 Å². The molecule has 0 radical (unpaired) electrons. The van der Waals surface area contributed by atoms with E-state index in [1.807, 2.05) is 0 Å². The van der Waals surface area contributed by atoms with Crippen molar-refractivity contribution in [2.75, 3.05) is 18.8 Å². The third-order valence-corrected chi connectivity index (χ3v) is 6.54. The molecule has 0 saturated carbocycles. The van der Waals surface area contributed by atoms with Crippen molar-refractivity contribution in [2.45, 2.75) is 44.4 Å². The van der Waals surface area contributed by atoms with Crippen LogP contribution in [0.15, 0.2) is 17.0 Å². The molecule has 1 aromatic carbocycles. The number of nitrogen functional groups attached to an aromatic ring is 1. The molecule has 0 atom stereocenters. The molecule has 0 amide bonds. The highest BCUT2D eigenvalue weighted by Crippen LogP contribution is 2.30. The van der Waals surface area contributed by atoms with Gasteiger partial charge in [0, 0.05) is 23.8 Å². The van der Waals surface area contributed by atoms with Gasteiger partial charge in [0.15, 0.2) is 0 Å². The minimum atomic E-state index is -3.49. The van der Waals surface area contributed by atoms with E-state index in [0.717, 1.165) is 24.8 Å². The first-order valence-electron chi connectivity index (χ1n) is 7.42. The van der Waals surface area contributed by atoms with Crippen molar-refractivity contribution >= 4 is 27.3 Å². The van der Waals surface area contributed by atoms with E-state index in [2.05, 4.69) is 6.92 Å². The minimum Gasteiger partial charge on any atom is -0.398 e. The van der Waals surface area contributed by atoms with E-state index in [-0.39, 0.29) is 4.90 Å². The fraction of sp³-hybridized carbons (Fsp3) is 0.600. The van der Waals surface area contributed by atoms with Crippen LogP contribution in [-0.4, -0.2) is 25.8 Å². The molecule has 0 aromatic heterocycles. The first-order chi connectivity index (χ1) is 9.86. The van der Waals surface area contributed by atoms with E-state index < -0.39 is 10.0 Å². The average molecular weight is 331 g/mol. The topological polar surface area (TPSA) is 63.4 Å². The predicted octanol–water partition coefficient (Wildman–Crippen LogP) is 3.43. The summed E-state index contributed by atoms with van der Waals surface area (Å²) in [5.74, 6) is 0.646. The molecule has 6 heteroatoms. The molecule has 1 aromatic rings. The van der Waals surface area contributed by atoms with Gasteiger partial charge in [0.2, 0.25) is 10.0 Å². The van der Waals surface area contributed by atoms with E-state index in [1.165, 1.54) is 18.6 Å². The van der Waals surface area contributed by atoms with Gasteiger partial charge in [-0.25, -0.2) is 8.42 Å². The highest BCUT2D eigenvalue weighted by molar-refractivity contribution is 7.89. The van der Waals surface area contributed by atoms with Gasteiger partial charge >= 0.3 is 0 Å². The predicted molar refractivity (Wildman–Crippen MR) is 87.0 cm³/mol. The Labute approximate surface area is 132 Å². The van der Waals surface area contributed by atoms with Crippen molar-refractivity contribution in [1.29, 1.82) is 0 Å². The normalized spacial score (nSPS) is 18.0. The van der Waals surface area contributed by atoms with E-state index >= 15 is 0 Å². The van der Waals surface area contributed by atoms with Gasteiger partial charge in [-0.3, -0.25) is 0 Å². The number of rotatable bonds is 4. The lowest BCUT2D eigenvalue weighted by Gasteiger charge is -2.31. The Bertz CT molecular complexity index is 585. The van der Waals surface area contributed by atoms with E-state index in [4.69, 9.17) is 17.3 Å². The van der Waals surface area contributed by atoms with Crippen LogP contribution < -0.4 is 5.73 Å². The van der Waals surface area contributed by atoms with Gasteiger partial charge in [-0.05, 0) is 43.4 Å². The number of sulfonamides is 1. The molecule has 1 fully saturated rings. The molecular formula is C15H23ClN2O2S. The zero-order valence-corrected chi connectivity index (χ0v) is 14.2. The second kappa shape index (κ2) is 6.55. The SMILES string of the molecule is CCCC1CCN(S(=O)(=O)c2cc(N)c(C)c(Cl)c2)CC1. The van der Waals surface area contributed by atoms with Crippen molar-refractivity contribution in [2.24, 2.45) is 5.92 Å². The molecule has 2 N–H and O–H groups in total. The van der Waals surface area contributed by atoms with E-state index in [0.29, 0.717) is 29.7 Å². The van der Waals surface area contributed by atoms with Gasteiger partial charge in [-0.2, -0.15) is 4.31 Å². The Morgan fingerprint density at radius 2 is 1.95 bits per heavy atom. The summed E-state index contributed by atoms with van der Waals surface area (Å²) in [5, 5.41) is 0.398. The number of nitrogens with zero attached hydrogens (tertiary/aromatic N) is 1. The van der Waals surface area contributed by atoms with Crippen molar-refractivity contribution in [1.82, 2.24) is 4.31 Å². The van der Waals surface area contributed by atoms with Crippen LogP contribution in [0.25, 0.3) is 0 Å². The van der Waals surface area contributed by atoms with E-state index in [1.54, 1.807) is 11.2 Å². The van der Waals surface area contributed by atoms with Crippen molar-refractivity contribution < 1.29 is 8.42 Å². The monoisotopic (exact) mass is 330 g/mol. The zero-order chi connectivity index (χ0) is 15.6. The smallest absolute Gasteiger partial charge is 0.243 e. The second-order valence-corrected chi connectivity index (χ2v) is 8.10. The first-order valence-corrected chi connectivity index (χ1v) is 9.23. The summed E-state index contributed by atoms with van der Waals surface area (Å²) >= 11 is 6.07. The van der Waals surface area contributed by atoms with Crippen LogP contribution >= 0.6 is 11.6 Å². The summed E-state index contributed by atoms with van der Waals surface area (Å²) in [5.41, 5.74) is 6.98. The molecular weight excluding hydrogens is 308 g/mol. The fourth-order valence-electron chi connectivity index (χ4n) is 2.82. The lowest BCUT2D eigenvalue weighted by atomic mass is 9.94. The molecule has 4 nitrogen and oxygen atoms in total. The van der Waals surface area contributed by atoms with Crippen LogP contribution in [0, 0.1) is 12.8 Å². The van der Waals surface area contributed by atoms with E-state index in [9.17, 15) is 8.42 Å². The Morgan fingerprint density at radius 3 is 2.48 bits per heavy atom. The minimum absolute atomic E-state index is 0.199. The zero-order valence-electron chi connectivity index (χ0n) is 12.6. The maximum atomic E-state index is 12.7. The molecule has 0 unspecified atom stereocenters. The molecule has 21 heavy (non-hydrogen) atoms. The summed E-state index contributed by atoms with van der Waals surface area (Å²) in [4.78, 5) is 0.199. The summed E-state index contributed by atoms with van der Waals surface area (Å²) in [7, 11) is -3.49. The average Bonchev–Trinajstić information content (AvgIpc) is 2.45. The van der Waals surface area contributed by atoms with Crippen LogP contribution in [0.4, 0.5) is 5.69 Å². The van der Waals surface area contributed by atoms with Crippen LogP contribution in [0.2, 0.25) is 5.02 Å². The fourth-order valence-corrected chi connectivity index (χ4v) is 4.64. The lowest BCUT2D eigenvalue weighted by Crippen LogP contribution is -2.38. The molecule has 2 rings (SSSR count). The number of halogens is 1. The largest absolute Gasteiger partial charge is 0.398 e. The number of piperidine rings is 1. The van der Waals surface area contributed by atoms with Crippen molar-refractivity contribution in [3.05, 3.63) is 22.7 Å². The number of nitrogens with two attached hydrogens (primary N) is 1. The number of anilines is 1. The quantitative estimate of drug-likeness (QED) is 0.860. The second-order valence-electron chi connectivity index (χ2n) is 5.76. The third-order valence-electron chi connectivity index (χ3n) is 4.27. The van der Waals surface area contributed by atoms with Crippen LogP contribution in [0.3, 0.4) is 0 Å². The summed E-state index contributed by atoms with van der Waals surface area (Å²) in [6, 6.07) is 3.01. The van der Waals surface area contributed by atoms with Gasteiger partial charge < -0.3 is 5.73 Å². The Morgan fingerprint density at radius 1 is 1.33 bits per heavy atom. The molecule has 0 bridgehead atoms. The molecule has 0 aliphatic carbocycles. The van der Waals surface area contributed by atoms with Crippen molar-refractivity contribution in [3.63, 3.8) is 0 Å². The highest BCUT2D eigenvalue weighted by Gasteiger charge is 2.29. The maximum absolute atomic E-state index is 12.7.